The second kappa shape index (κ2) is 9.51. The largest absolute Gasteiger partial charge is 0.457 e. The number of nitrogens with one attached hydrogen (secondary N) is 1. The molecule has 5 rings (SSSR count). The first-order chi connectivity index (χ1) is 15.7. The number of aromatic nitrogens is 1. The van der Waals surface area contributed by atoms with E-state index in [0.717, 1.165) is 48.6 Å². The standard InChI is InChI=1S/C26H25N3O2S/c30-25(27-20-10-12-22(13-11-20)31-21-6-2-1-3-7-21)18-29-16-14-19(15-17-29)26-28-23-8-4-5-9-24(23)32-26/h1-13,19H,14-18H2,(H,27,30). The van der Waals surface area contributed by atoms with Crippen molar-refractivity contribution in [1.82, 2.24) is 9.88 Å². The number of thiazole rings is 1. The summed E-state index contributed by atoms with van der Waals surface area (Å²) in [6, 6.07) is 25.4. The van der Waals surface area contributed by atoms with Gasteiger partial charge in [0, 0.05) is 11.6 Å². The third kappa shape index (κ3) is 4.98. The normalized spacial score (nSPS) is 15.0. The third-order valence-electron chi connectivity index (χ3n) is 5.73. The zero-order chi connectivity index (χ0) is 21.8. The smallest absolute Gasteiger partial charge is 0.238 e. The molecule has 1 saturated heterocycles. The molecule has 1 fully saturated rings. The summed E-state index contributed by atoms with van der Waals surface area (Å²) in [4.78, 5) is 19.6. The molecule has 0 unspecified atom stereocenters. The maximum Gasteiger partial charge on any atom is 0.238 e. The highest BCUT2D eigenvalue weighted by Crippen LogP contribution is 2.33. The van der Waals surface area contributed by atoms with Crippen molar-refractivity contribution in [2.75, 3.05) is 25.0 Å². The van der Waals surface area contributed by atoms with Crippen LogP contribution in [0.4, 0.5) is 5.69 Å². The molecule has 1 aliphatic rings. The Balaban J connectivity index is 1.10. The summed E-state index contributed by atoms with van der Waals surface area (Å²) >= 11 is 1.80. The quantitative estimate of drug-likeness (QED) is 0.403. The number of carbonyl (C=O) groups excluding carboxylic acids is 1. The summed E-state index contributed by atoms with van der Waals surface area (Å²) in [6.07, 6.45) is 2.08. The van der Waals surface area contributed by atoms with E-state index in [1.165, 1.54) is 9.71 Å². The van der Waals surface area contributed by atoms with Crippen LogP contribution in [0.15, 0.2) is 78.9 Å². The Morgan fingerprint density at radius 1 is 0.938 bits per heavy atom. The van der Waals surface area contributed by atoms with Crippen molar-refractivity contribution in [3.8, 4) is 11.5 Å². The summed E-state index contributed by atoms with van der Waals surface area (Å²) in [5.41, 5.74) is 1.87. The number of nitrogens with zero attached hydrogens (tertiary/aromatic N) is 2. The number of fused-ring (bicyclic) bond motifs is 1. The maximum atomic E-state index is 12.5. The van der Waals surface area contributed by atoms with Crippen LogP contribution < -0.4 is 10.1 Å². The first-order valence-corrected chi connectivity index (χ1v) is 11.8. The average Bonchev–Trinajstić information content (AvgIpc) is 3.26. The molecule has 0 radical (unpaired) electrons. The van der Waals surface area contributed by atoms with Gasteiger partial charge in [-0.3, -0.25) is 9.69 Å². The van der Waals surface area contributed by atoms with Crippen LogP contribution in [0, 0.1) is 0 Å². The molecule has 1 aliphatic heterocycles. The average molecular weight is 444 g/mol. The fourth-order valence-corrected chi connectivity index (χ4v) is 5.17. The van der Waals surface area contributed by atoms with Crippen LogP contribution in [-0.2, 0) is 4.79 Å². The molecule has 0 spiro atoms. The number of piperidine rings is 1. The monoisotopic (exact) mass is 443 g/mol. The molecule has 3 aromatic carbocycles. The fraction of sp³-hybridized carbons (Fsp3) is 0.231. The minimum Gasteiger partial charge on any atom is -0.457 e. The van der Waals surface area contributed by atoms with E-state index in [9.17, 15) is 4.79 Å². The summed E-state index contributed by atoms with van der Waals surface area (Å²) in [5.74, 6) is 2.04. The van der Waals surface area contributed by atoms with Gasteiger partial charge in [-0.15, -0.1) is 11.3 Å². The number of likely N-dealkylation sites (tertiary alicyclic amines) is 1. The second-order valence-corrected chi connectivity index (χ2v) is 9.12. The molecular formula is C26H25N3O2S. The van der Waals surface area contributed by atoms with Crippen LogP contribution in [-0.4, -0.2) is 35.4 Å². The highest BCUT2D eigenvalue weighted by molar-refractivity contribution is 7.18. The zero-order valence-corrected chi connectivity index (χ0v) is 18.6. The van der Waals surface area contributed by atoms with Crippen LogP contribution >= 0.6 is 11.3 Å². The molecule has 5 nitrogen and oxygen atoms in total. The predicted molar refractivity (Wildman–Crippen MR) is 130 cm³/mol. The van der Waals surface area contributed by atoms with E-state index in [4.69, 9.17) is 9.72 Å². The van der Waals surface area contributed by atoms with Gasteiger partial charge in [0.25, 0.3) is 0 Å². The number of para-hydroxylation sites is 2. The number of rotatable bonds is 6. The van der Waals surface area contributed by atoms with Gasteiger partial charge in [0.2, 0.25) is 5.91 Å². The van der Waals surface area contributed by atoms with Crippen molar-refractivity contribution < 1.29 is 9.53 Å². The van der Waals surface area contributed by atoms with Crippen molar-refractivity contribution >= 4 is 33.1 Å². The van der Waals surface area contributed by atoms with E-state index >= 15 is 0 Å². The third-order valence-corrected chi connectivity index (χ3v) is 6.93. The molecule has 32 heavy (non-hydrogen) atoms. The van der Waals surface area contributed by atoms with E-state index in [1.807, 2.05) is 60.7 Å². The van der Waals surface area contributed by atoms with Crippen molar-refractivity contribution in [2.24, 2.45) is 0 Å². The van der Waals surface area contributed by atoms with Crippen molar-refractivity contribution in [2.45, 2.75) is 18.8 Å². The van der Waals surface area contributed by atoms with Gasteiger partial charge in [-0.1, -0.05) is 30.3 Å². The van der Waals surface area contributed by atoms with Crippen molar-refractivity contribution in [3.05, 3.63) is 83.9 Å². The first kappa shape index (κ1) is 20.7. The second-order valence-electron chi connectivity index (χ2n) is 8.06. The molecule has 4 aromatic rings. The molecule has 6 heteroatoms. The highest BCUT2D eigenvalue weighted by atomic mass is 32.1. The number of hydrogen-bond donors (Lipinski definition) is 1. The Morgan fingerprint density at radius 3 is 2.38 bits per heavy atom. The van der Waals surface area contributed by atoms with Crippen LogP contribution in [0.3, 0.4) is 0 Å². The molecule has 162 valence electrons. The minimum absolute atomic E-state index is 0.0140. The number of benzene rings is 3. The van der Waals surface area contributed by atoms with Gasteiger partial charge in [0.1, 0.15) is 11.5 Å². The molecule has 0 aliphatic carbocycles. The molecule has 1 aromatic heterocycles. The van der Waals surface area contributed by atoms with Gasteiger partial charge in [0.15, 0.2) is 0 Å². The van der Waals surface area contributed by atoms with Gasteiger partial charge in [-0.05, 0) is 74.5 Å². The molecule has 0 atom stereocenters. The van der Waals surface area contributed by atoms with Gasteiger partial charge < -0.3 is 10.1 Å². The Kier molecular flexibility index (Phi) is 6.14. The maximum absolute atomic E-state index is 12.5. The Morgan fingerprint density at radius 2 is 1.62 bits per heavy atom. The van der Waals surface area contributed by atoms with Gasteiger partial charge in [-0.25, -0.2) is 4.98 Å². The van der Waals surface area contributed by atoms with Gasteiger partial charge >= 0.3 is 0 Å². The first-order valence-electron chi connectivity index (χ1n) is 10.9. The number of ether oxygens (including phenoxy) is 1. The Bertz CT molecular complexity index is 1150. The lowest BCUT2D eigenvalue weighted by atomic mass is 9.97. The lowest BCUT2D eigenvalue weighted by Crippen LogP contribution is -2.38. The summed E-state index contributed by atoms with van der Waals surface area (Å²) in [7, 11) is 0. The minimum atomic E-state index is 0.0140. The van der Waals surface area contributed by atoms with Gasteiger partial charge in [0.05, 0.1) is 21.8 Å². The number of hydrogen-bond acceptors (Lipinski definition) is 5. The lowest BCUT2D eigenvalue weighted by Gasteiger charge is -2.30. The number of carbonyl (C=O) groups is 1. The van der Waals surface area contributed by atoms with Gasteiger partial charge in [-0.2, -0.15) is 0 Å². The van der Waals surface area contributed by atoms with Crippen LogP contribution in [0.1, 0.15) is 23.8 Å². The van der Waals surface area contributed by atoms with Crippen molar-refractivity contribution in [3.63, 3.8) is 0 Å². The van der Waals surface area contributed by atoms with E-state index in [2.05, 4.69) is 28.4 Å². The van der Waals surface area contributed by atoms with E-state index in [0.29, 0.717) is 12.5 Å². The Hall–Kier alpha value is -3.22. The van der Waals surface area contributed by atoms with E-state index < -0.39 is 0 Å². The van der Waals surface area contributed by atoms with E-state index in [1.54, 1.807) is 11.3 Å². The fourth-order valence-electron chi connectivity index (χ4n) is 4.04. The summed E-state index contributed by atoms with van der Waals surface area (Å²) in [6.45, 7) is 2.24. The molecule has 0 saturated carbocycles. The zero-order valence-electron chi connectivity index (χ0n) is 17.7. The van der Waals surface area contributed by atoms with Crippen LogP contribution in [0.2, 0.25) is 0 Å². The van der Waals surface area contributed by atoms with Crippen molar-refractivity contribution in [1.29, 1.82) is 0 Å². The molecule has 0 bridgehead atoms. The van der Waals surface area contributed by atoms with Crippen LogP contribution in [0.5, 0.6) is 11.5 Å². The highest BCUT2D eigenvalue weighted by Gasteiger charge is 2.24. The lowest BCUT2D eigenvalue weighted by molar-refractivity contribution is -0.117. The Labute approximate surface area is 191 Å². The summed E-state index contributed by atoms with van der Waals surface area (Å²) < 4.78 is 7.05. The number of anilines is 1. The molecule has 2 heterocycles. The predicted octanol–water partition coefficient (Wildman–Crippen LogP) is 5.91. The number of amides is 1. The van der Waals surface area contributed by atoms with E-state index in [-0.39, 0.29) is 5.91 Å². The van der Waals surface area contributed by atoms with Crippen LogP contribution in [0.25, 0.3) is 10.2 Å². The summed E-state index contributed by atoms with van der Waals surface area (Å²) in [5, 5.41) is 4.22. The molecule has 1 N–H and O–H groups in total. The SMILES string of the molecule is O=C(CN1CCC(c2nc3ccccc3s2)CC1)Nc1ccc(Oc2ccccc2)cc1. The topological polar surface area (TPSA) is 54.5 Å². The molecule has 1 amide bonds. The molecular weight excluding hydrogens is 418 g/mol.